The van der Waals surface area contributed by atoms with E-state index < -0.39 is 0 Å². The summed E-state index contributed by atoms with van der Waals surface area (Å²) in [6, 6.07) is 14.9. The lowest BCUT2D eigenvalue weighted by atomic mass is 9.94. The van der Waals surface area contributed by atoms with Crippen molar-refractivity contribution in [1.82, 2.24) is 4.90 Å². The van der Waals surface area contributed by atoms with Crippen LogP contribution in [0.2, 0.25) is 0 Å². The Bertz CT molecular complexity index is 763. The van der Waals surface area contributed by atoms with Gasteiger partial charge in [0.25, 0.3) is 0 Å². The predicted molar refractivity (Wildman–Crippen MR) is 111 cm³/mol. The molecule has 1 aliphatic heterocycles. The first-order chi connectivity index (χ1) is 12.1. The van der Waals surface area contributed by atoms with Crippen molar-refractivity contribution < 1.29 is 0 Å². The number of halogens is 1. The van der Waals surface area contributed by atoms with Crippen molar-refractivity contribution in [3.63, 3.8) is 0 Å². The van der Waals surface area contributed by atoms with Gasteiger partial charge in [0.2, 0.25) is 0 Å². The minimum absolute atomic E-state index is 0.140. The Morgan fingerprint density at radius 2 is 2.00 bits per heavy atom. The van der Waals surface area contributed by atoms with E-state index in [1.54, 1.807) is 0 Å². The second-order valence-corrected chi connectivity index (χ2v) is 7.63. The summed E-state index contributed by atoms with van der Waals surface area (Å²) in [5.41, 5.74) is 4.92. The summed E-state index contributed by atoms with van der Waals surface area (Å²) in [5.74, 6) is 0.140. The molecule has 25 heavy (non-hydrogen) atoms. The third-order valence-electron chi connectivity index (χ3n) is 4.39. The van der Waals surface area contributed by atoms with E-state index >= 15 is 0 Å². The molecule has 0 aliphatic carbocycles. The Labute approximate surface area is 158 Å². The fraction of sp³-hybridized carbons (Fsp3) is 0.333. The maximum atomic E-state index is 4.67. The number of fused-ring (bicyclic) bond motifs is 1. The highest BCUT2D eigenvalue weighted by atomic mass is 79.9. The molecule has 2 aromatic rings. The summed E-state index contributed by atoms with van der Waals surface area (Å²) in [6.07, 6.45) is 6.28. The molecule has 0 amide bonds. The van der Waals surface area contributed by atoms with E-state index in [1.165, 1.54) is 23.1 Å². The summed E-state index contributed by atoms with van der Waals surface area (Å²) in [5, 5.41) is 0. The highest BCUT2D eigenvalue weighted by Gasteiger charge is 2.15. The van der Waals surface area contributed by atoms with E-state index in [9.17, 15) is 0 Å². The molecule has 1 heterocycles. The molecule has 0 fully saturated rings. The molecular weight excluding hydrogens is 374 g/mol. The standard InChI is InChI=1S/C21H24BrN3/c1-25(2)11-3-4-16-5-9-20(10-6-16)24-15-18-14-23-13-17-7-8-19(22)12-21(17)18/h5-10,12,14-15,18H,3-4,11,13H2,1-2H3. The monoisotopic (exact) mass is 397 g/mol. The first kappa shape index (κ1) is 18.0. The summed E-state index contributed by atoms with van der Waals surface area (Å²) in [7, 11) is 4.23. The Kier molecular flexibility index (Phi) is 6.16. The molecule has 0 N–H and O–H groups in total. The molecule has 0 radical (unpaired) electrons. The first-order valence-electron chi connectivity index (χ1n) is 8.68. The van der Waals surface area contributed by atoms with Gasteiger partial charge in [0.1, 0.15) is 0 Å². The van der Waals surface area contributed by atoms with Gasteiger partial charge in [-0.15, -0.1) is 0 Å². The minimum Gasteiger partial charge on any atom is -0.309 e. The Morgan fingerprint density at radius 3 is 2.76 bits per heavy atom. The van der Waals surface area contributed by atoms with Crippen molar-refractivity contribution in [2.75, 3.05) is 20.6 Å². The van der Waals surface area contributed by atoms with Crippen LogP contribution in [0.5, 0.6) is 0 Å². The highest BCUT2D eigenvalue weighted by Crippen LogP contribution is 2.27. The quantitative estimate of drug-likeness (QED) is 0.629. The van der Waals surface area contributed by atoms with Crippen LogP contribution in [-0.4, -0.2) is 38.0 Å². The van der Waals surface area contributed by atoms with Crippen LogP contribution >= 0.6 is 15.9 Å². The van der Waals surface area contributed by atoms with Crippen molar-refractivity contribution in [3.8, 4) is 0 Å². The molecule has 0 aromatic heterocycles. The Morgan fingerprint density at radius 1 is 1.20 bits per heavy atom. The van der Waals surface area contributed by atoms with Gasteiger partial charge in [0, 0.05) is 16.9 Å². The number of rotatable bonds is 6. The van der Waals surface area contributed by atoms with Crippen LogP contribution in [0.3, 0.4) is 0 Å². The molecule has 1 atom stereocenters. The van der Waals surface area contributed by atoms with Gasteiger partial charge in [-0.3, -0.25) is 9.98 Å². The summed E-state index contributed by atoms with van der Waals surface area (Å²) < 4.78 is 1.10. The van der Waals surface area contributed by atoms with Crippen LogP contribution in [0.4, 0.5) is 5.69 Å². The second-order valence-electron chi connectivity index (χ2n) is 6.71. The summed E-state index contributed by atoms with van der Waals surface area (Å²) in [4.78, 5) is 11.4. The molecular formula is C21H24BrN3. The average Bonchev–Trinajstić information content (AvgIpc) is 2.61. The number of hydrogen-bond acceptors (Lipinski definition) is 3. The molecule has 0 bridgehead atoms. The summed E-state index contributed by atoms with van der Waals surface area (Å²) in [6.45, 7) is 1.88. The van der Waals surface area contributed by atoms with Crippen molar-refractivity contribution in [2.45, 2.75) is 25.3 Å². The lowest BCUT2D eigenvalue weighted by molar-refractivity contribution is 0.400. The molecule has 4 heteroatoms. The van der Waals surface area contributed by atoms with E-state index in [1.807, 2.05) is 12.4 Å². The Hall–Kier alpha value is -1.78. The highest BCUT2D eigenvalue weighted by molar-refractivity contribution is 9.10. The molecule has 130 valence electrons. The van der Waals surface area contributed by atoms with Crippen LogP contribution < -0.4 is 0 Å². The van der Waals surface area contributed by atoms with Gasteiger partial charge in [-0.05, 0) is 74.4 Å². The Balaban J connectivity index is 1.65. The van der Waals surface area contributed by atoms with Crippen molar-refractivity contribution in [3.05, 3.63) is 63.6 Å². The van der Waals surface area contributed by atoms with Gasteiger partial charge in [0.15, 0.2) is 0 Å². The van der Waals surface area contributed by atoms with Crippen LogP contribution in [0, 0.1) is 0 Å². The topological polar surface area (TPSA) is 28.0 Å². The first-order valence-corrected chi connectivity index (χ1v) is 9.47. The van der Waals surface area contributed by atoms with E-state index in [4.69, 9.17) is 0 Å². The predicted octanol–water partition coefficient (Wildman–Crippen LogP) is 5.01. The smallest absolute Gasteiger partial charge is 0.0639 e. The number of hydrogen-bond donors (Lipinski definition) is 0. The van der Waals surface area contributed by atoms with Gasteiger partial charge < -0.3 is 4.90 Å². The number of aliphatic imine (C=N–C) groups is 2. The van der Waals surface area contributed by atoms with E-state index in [0.29, 0.717) is 0 Å². The van der Waals surface area contributed by atoms with Crippen molar-refractivity contribution in [2.24, 2.45) is 9.98 Å². The van der Waals surface area contributed by atoms with Gasteiger partial charge in [-0.2, -0.15) is 0 Å². The van der Waals surface area contributed by atoms with Gasteiger partial charge >= 0.3 is 0 Å². The van der Waals surface area contributed by atoms with Gasteiger partial charge in [-0.1, -0.05) is 34.1 Å². The van der Waals surface area contributed by atoms with Gasteiger partial charge in [-0.25, -0.2) is 0 Å². The van der Waals surface area contributed by atoms with E-state index in [2.05, 4.69) is 87.4 Å². The normalized spacial score (nSPS) is 16.6. The third kappa shape index (κ3) is 5.10. The molecule has 1 aliphatic rings. The van der Waals surface area contributed by atoms with Gasteiger partial charge in [0.05, 0.1) is 18.2 Å². The zero-order chi connectivity index (χ0) is 17.6. The maximum absolute atomic E-state index is 4.67. The number of nitrogens with zero attached hydrogens (tertiary/aromatic N) is 3. The number of benzene rings is 2. The second kappa shape index (κ2) is 8.54. The lowest BCUT2D eigenvalue weighted by Gasteiger charge is -2.17. The largest absolute Gasteiger partial charge is 0.309 e. The zero-order valence-electron chi connectivity index (χ0n) is 14.8. The lowest BCUT2D eigenvalue weighted by Crippen LogP contribution is -2.13. The molecule has 2 aromatic carbocycles. The summed E-state index contributed by atoms with van der Waals surface area (Å²) >= 11 is 3.56. The average molecular weight is 398 g/mol. The van der Waals surface area contributed by atoms with Crippen LogP contribution in [0.25, 0.3) is 0 Å². The maximum Gasteiger partial charge on any atom is 0.0639 e. The van der Waals surface area contributed by atoms with Crippen LogP contribution in [-0.2, 0) is 13.0 Å². The number of aryl methyl sites for hydroxylation is 1. The molecule has 3 nitrogen and oxygen atoms in total. The molecule has 0 spiro atoms. The SMILES string of the molecule is CN(C)CCCc1ccc(N=CC2C=NCc3ccc(Br)cc32)cc1. The van der Waals surface area contributed by atoms with Crippen molar-refractivity contribution >= 4 is 34.0 Å². The van der Waals surface area contributed by atoms with Crippen molar-refractivity contribution in [1.29, 1.82) is 0 Å². The molecule has 0 saturated heterocycles. The van der Waals surface area contributed by atoms with Crippen LogP contribution in [0.1, 0.15) is 29.0 Å². The molecule has 1 unspecified atom stereocenters. The third-order valence-corrected chi connectivity index (χ3v) is 4.88. The fourth-order valence-corrected chi connectivity index (χ4v) is 3.38. The fourth-order valence-electron chi connectivity index (χ4n) is 3.00. The van der Waals surface area contributed by atoms with Crippen LogP contribution in [0.15, 0.2) is 56.9 Å². The zero-order valence-corrected chi connectivity index (χ0v) is 16.4. The molecule has 0 saturated carbocycles. The van der Waals surface area contributed by atoms with E-state index in [-0.39, 0.29) is 5.92 Å². The molecule has 3 rings (SSSR count). The minimum atomic E-state index is 0.140. The van der Waals surface area contributed by atoms with E-state index in [0.717, 1.165) is 29.7 Å².